The highest BCUT2D eigenvalue weighted by molar-refractivity contribution is 6.15. The molecular weight excluding hydrogens is 408 g/mol. The molecule has 162 valence electrons. The van der Waals surface area contributed by atoms with Gasteiger partial charge in [-0.2, -0.15) is 0 Å². The van der Waals surface area contributed by atoms with Gasteiger partial charge in [-0.3, -0.25) is 0 Å². The van der Waals surface area contributed by atoms with E-state index in [1.807, 2.05) is 0 Å². The third-order valence-electron chi connectivity index (χ3n) is 6.97. The largest absolute Gasteiger partial charge is 0.0620 e. The second kappa shape index (κ2) is 8.32. The highest BCUT2D eigenvalue weighted by Crippen LogP contribution is 2.40. The monoisotopic (exact) mass is 434 g/mol. The molecule has 0 atom stereocenters. The minimum atomic E-state index is 1.25. The van der Waals surface area contributed by atoms with Gasteiger partial charge in [-0.1, -0.05) is 109 Å². The van der Waals surface area contributed by atoms with E-state index in [1.54, 1.807) is 0 Å². The van der Waals surface area contributed by atoms with Gasteiger partial charge in [0, 0.05) is 0 Å². The molecule has 0 saturated carbocycles. The SMILES string of the molecule is Cc1ccccc1-c1ccccc1-c1ccc2c(-c3ccccc3C)cc3ccccc3c2c1. The fourth-order valence-corrected chi connectivity index (χ4v) is 5.21. The average Bonchev–Trinajstić information content (AvgIpc) is 2.89. The summed E-state index contributed by atoms with van der Waals surface area (Å²) in [5, 5.41) is 5.17. The Morgan fingerprint density at radius 2 is 0.912 bits per heavy atom. The summed E-state index contributed by atoms with van der Waals surface area (Å²) in [6.45, 7) is 4.39. The van der Waals surface area contributed by atoms with E-state index in [2.05, 4.69) is 135 Å². The van der Waals surface area contributed by atoms with E-state index in [9.17, 15) is 0 Å². The number of benzene rings is 6. The number of aryl methyl sites for hydroxylation is 2. The van der Waals surface area contributed by atoms with E-state index in [4.69, 9.17) is 0 Å². The Labute approximate surface area is 201 Å². The molecule has 6 aromatic rings. The number of hydrogen-bond donors (Lipinski definition) is 0. The summed E-state index contributed by atoms with van der Waals surface area (Å²) >= 11 is 0. The van der Waals surface area contributed by atoms with Crippen LogP contribution in [0.1, 0.15) is 11.1 Å². The van der Waals surface area contributed by atoms with Crippen LogP contribution >= 0.6 is 0 Å². The van der Waals surface area contributed by atoms with Crippen LogP contribution < -0.4 is 0 Å². The number of fused-ring (bicyclic) bond motifs is 3. The average molecular weight is 435 g/mol. The molecule has 0 amide bonds. The van der Waals surface area contributed by atoms with Crippen molar-refractivity contribution < 1.29 is 0 Å². The Morgan fingerprint density at radius 1 is 0.353 bits per heavy atom. The molecule has 34 heavy (non-hydrogen) atoms. The van der Waals surface area contributed by atoms with Crippen molar-refractivity contribution in [3.63, 3.8) is 0 Å². The van der Waals surface area contributed by atoms with Gasteiger partial charge in [-0.05, 0) is 92.0 Å². The first kappa shape index (κ1) is 20.4. The maximum absolute atomic E-state index is 2.39. The minimum Gasteiger partial charge on any atom is -0.0620 e. The molecule has 0 N–H and O–H groups in total. The van der Waals surface area contributed by atoms with Crippen LogP contribution in [0.15, 0.2) is 121 Å². The van der Waals surface area contributed by atoms with Gasteiger partial charge in [0.2, 0.25) is 0 Å². The summed E-state index contributed by atoms with van der Waals surface area (Å²) in [7, 11) is 0. The molecule has 0 nitrogen and oxygen atoms in total. The van der Waals surface area contributed by atoms with E-state index in [0.29, 0.717) is 0 Å². The predicted octanol–water partition coefficient (Wildman–Crippen LogP) is 9.61. The third-order valence-corrected chi connectivity index (χ3v) is 6.97. The quantitative estimate of drug-likeness (QED) is 0.243. The number of hydrogen-bond acceptors (Lipinski definition) is 0. The summed E-state index contributed by atoms with van der Waals surface area (Å²) in [6.07, 6.45) is 0. The molecule has 0 bridgehead atoms. The standard InChI is InChI=1S/C34H26/c1-23-11-3-6-14-27(23)31-18-10-9-16-29(31)26-19-20-32-33(28-15-7-4-12-24(28)2)21-25-13-5-8-17-30(25)34(32)22-26/h3-22H,1-2H3. The molecule has 0 radical (unpaired) electrons. The zero-order chi connectivity index (χ0) is 23.1. The van der Waals surface area contributed by atoms with Crippen LogP contribution in [0.5, 0.6) is 0 Å². The van der Waals surface area contributed by atoms with E-state index in [0.717, 1.165) is 0 Å². The first-order valence-corrected chi connectivity index (χ1v) is 11.9. The lowest BCUT2D eigenvalue weighted by molar-refractivity contribution is 1.46. The normalized spacial score (nSPS) is 11.2. The predicted molar refractivity (Wildman–Crippen MR) is 147 cm³/mol. The second-order valence-electron chi connectivity index (χ2n) is 9.08. The van der Waals surface area contributed by atoms with Gasteiger partial charge in [-0.15, -0.1) is 0 Å². The molecule has 0 aliphatic carbocycles. The fraction of sp³-hybridized carbons (Fsp3) is 0.0588. The Morgan fingerprint density at radius 3 is 1.62 bits per heavy atom. The van der Waals surface area contributed by atoms with Crippen molar-refractivity contribution in [3.8, 4) is 33.4 Å². The molecule has 6 rings (SSSR count). The highest BCUT2D eigenvalue weighted by atomic mass is 14.2. The van der Waals surface area contributed by atoms with Gasteiger partial charge in [0.05, 0.1) is 0 Å². The molecule has 0 unspecified atom stereocenters. The summed E-state index contributed by atoms with van der Waals surface area (Å²) in [5.41, 5.74) is 10.3. The Hall–Kier alpha value is -4.16. The van der Waals surface area contributed by atoms with Crippen molar-refractivity contribution in [3.05, 3.63) is 132 Å². The van der Waals surface area contributed by atoms with E-state index >= 15 is 0 Å². The first-order valence-electron chi connectivity index (χ1n) is 11.9. The lowest BCUT2D eigenvalue weighted by Gasteiger charge is -2.16. The van der Waals surface area contributed by atoms with Crippen molar-refractivity contribution in [1.29, 1.82) is 0 Å². The van der Waals surface area contributed by atoms with Gasteiger partial charge in [0.25, 0.3) is 0 Å². The lowest BCUT2D eigenvalue weighted by Crippen LogP contribution is -1.90. The number of rotatable bonds is 3. The molecule has 0 saturated heterocycles. The second-order valence-corrected chi connectivity index (χ2v) is 9.08. The molecule has 0 aromatic heterocycles. The van der Waals surface area contributed by atoms with Crippen LogP contribution in [0, 0.1) is 13.8 Å². The topological polar surface area (TPSA) is 0 Å². The van der Waals surface area contributed by atoms with Crippen LogP contribution in [0.25, 0.3) is 54.9 Å². The van der Waals surface area contributed by atoms with E-state index in [1.165, 1.54) is 66.1 Å². The summed E-state index contributed by atoms with van der Waals surface area (Å²) in [4.78, 5) is 0. The fourth-order valence-electron chi connectivity index (χ4n) is 5.21. The molecule has 0 spiro atoms. The van der Waals surface area contributed by atoms with Crippen LogP contribution in [0.2, 0.25) is 0 Å². The van der Waals surface area contributed by atoms with Gasteiger partial charge in [0.15, 0.2) is 0 Å². The molecule has 0 aliphatic rings. The zero-order valence-electron chi connectivity index (χ0n) is 19.5. The van der Waals surface area contributed by atoms with Gasteiger partial charge >= 0.3 is 0 Å². The van der Waals surface area contributed by atoms with Crippen LogP contribution in [0.4, 0.5) is 0 Å². The smallest absolute Gasteiger partial charge is 0.00930 e. The lowest BCUT2D eigenvalue weighted by atomic mass is 9.88. The Bertz CT molecular complexity index is 1670. The van der Waals surface area contributed by atoms with Gasteiger partial charge < -0.3 is 0 Å². The van der Waals surface area contributed by atoms with Crippen molar-refractivity contribution >= 4 is 21.5 Å². The molecule has 6 aromatic carbocycles. The first-order chi connectivity index (χ1) is 16.7. The molecular formula is C34H26. The van der Waals surface area contributed by atoms with Crippen LogP contribution in [-0.2, 0) is 0 Å². The maximum Gasteiger partial charge on any atom is -0.00930 e. The van der Waals surface area contributed by atoms with Gasteiger partial charge in [-0.25, -0.2) is 0 Å². The van der Waals surface area contributed by atoms with Crippen molar-refractivity contribution in [2.24, 2.45) is 0 Å². The summed E-state index contributed by atoms with van der Waals surface area (Å²) in [5.74, 6) is 0. The molecule has 0 fully saturated rings. The Kier molecular flexibility index (Phi) is 5.00. The van der Waals surface area contributed by atoms with Crippen molar-refractivity contribution in [1.82, 2.24) is 0 Å². The molecule has 0 aliphatic heterocycles. The zero-order valence-corrected chi connectivity index (χ0v) is 19.5. The van der Waals surface area contributed by atoms with E-state index < -0.39 is 0 Å². The highest BCUT2D eigenvalue weighted by Gasteiger charge is 2.13. The molecule has 0 heteroatoms. The van der Waals surface area contributed by atoms with Gasteiger partial charge in [0.1, 0.15) is 0 Å². The summed E-state index contributed by atoms with van der Waals surface area (Å²) < 4.78 is 0. The molecule has 0 heterocycles. The third kappa shape index (κ3) is 3.40. The van der Waals surface area contributed by atoms with Crippen LogP contribution in [-0.4, -0.2) is 0 Å². The van der Waals surface area contributed by atoms with E-state index in [-0.39, 0.29) is 0 Å². The maximum atomic E-state index is 2.39. The Balaban J connectivity index is 1.65. The van der Waals surface area contributed by atoms with Crippen molar-refractivity contribution in [2.45, 2.75) is 13.8 Å². The summed E-state index contributed by atoms with van der Waals surface area (Å²) in [6, 6.07) is 44.2. The van der Waals surface area contributed by atoms with Crippen LogP contribution in [0.3, 0.4) is 0 Å². The van der Waals surface area contributed by atoms with Crippen molar-refractivity contribution in [2.75, 3.05) is 0 Å². The minimum absolute atomic E-state index is 1.25.